The Labute approximate surface area is 107 Å². The molecule has 3 nitrogen and oxygen atoms in total. The van der Waals surface area contributed by atoms with Crippen LogP contribution in [0.15, 0.2) is 22.7 Å². The number of anilines is 1. The van der Waals surface area contributed by atoms with Gasteiger partial charge in [0.2, 0.25) is 11.8 Å². The maximum absolute atomic E-state index is 13.4. The van der Waals surface area contributed by atoms with Crippen molar-refractivity contribution in [1.82, 2.24) is 0 Å². The fourth-order valence-electron chi connectivity index (χ4n) is 1.82. The van der Waals surface area contributed by atoms with Crippen molar-refractivity contribution in [2.45, 2.75) is 13.8 Å². The van der Waals surface area contributed by atoms with Crippen LogP contribution in [0.5, 0.6) is 0 Å². The van der Waals surface area contributed by atoms with Gasteiger partial charge in [0.1, 0.15) is 5.82 Å². The van der Waals surface area contributed by atoms with Gasteiger partial charge >= 0.3 is 0 Å². The van der Waals surface area contributed by atoms with Gasteiger partial charge in [-0.05, 0) is 34.1 Å². The summed E-state index contributed by atoms with van der Waals surface area (Å²) in [6, 6.07) is 4.22. The minimum Gasteiger partial charge on any atom is -0.274 e. The van der Waals surface area contributed by atoms with Gasteiger partial charge in [-0.3, -0.25) is 9.59 Å². The summed E-state index contributed by atoms with van der Waals surface area (Å²) >= 11 is 3.03. The van der Waals surface area contributed by atoms with Crippen LogP contribution >= 0.6 is 15.9 Å². The third-order valence-electron chi connectivity index (χ3n) is 3.13. The van der Waals surface area contributed by atoms with E-state index in [9.17, 15) is 14.0 Å². The van der Waals surface area contributed by atoms with Crippen molar-refractivity contribution in [3.8, 4) is 0 Å². The number of amides is 2. The number of imide groups is 1. The molecule has 0 radical (unpaired) electrons. The molecule has 1 fully saturated rings. The summed E-state index contributed by atoms with van der Waals surface area (Å²) in [4.78, 5) is 24.8. The van der Waals surface area contributed by atoms with Crippen molar-refractivity contribution in [3.05, 3.63) is 28.5 Å². The average Bonchev–Trinajstić information content (AvgIpc) is 2.48. The average molecular weight is 300 g/mol. The summed E-state index contributed by atoms with van der Waals surface area (Å²) in [6.45, 7) is 3.42. The highest BCUT2D eigenvalue weighted by Gasteiger charge is 2.43. The molecule has 17 heavy (non-hydrogen) atoms. The smallest absolute Gasteiger partial charge is 0.237 e. The molecule has 1 aliphatic heterocycles. The highest BCUT2D eigenvalue weighted by atomic mass is 79.9. The zero-order valence-corrected chi connectivity index (χ0v) is 11.0. The van der Waals surface area contributed by atoms with Crippen molar-refractivity contribution >= 4 is 33.4 Å². The van der Waals surface area contributed by atoms with E-state index in [2.05, 4.69) is 15.9 Å². The minimum atomic E-state index is -0.490. The second-order valence-corrected chi connectivity index (χ2v) is 5.04. The summed E-state index contributed by atoms with van der Waals surface area (Å²) in [5, 5.41) is 0. The van der Waals surface area contributed by atoms with Crippen LogP contribution in [0.2, 0.25) is 0 Å². The molecular weight excluding hydrogens is 289 g/mol. The van der Waals surface area contributed by atoms with Crippen LogP contribution in [0, 0.1) is 17.7 Å². The number of halogens is 2. The summed E-state index contributed by atoms with van der Waals surface area (Å²) in [5.41, 5.74) is 0.289. The lowest BCUT2D eigenvalue weighted by Gasteiger charge is -2.14. The van der Waals surface area contributed by atoms with Crippen LogP contribution in [0.25, 0.3) is 0 Å². The van der Waals surface area contributed by atoms with Crippen LogP contribution in [-0.4, -0.2) is 11.8 Å². The molecule has 0 N–H and O–H groups in total. The van der Waals surface area contributed by atoms with E-state index in [-0.39, 0.29) is 29.3 Å². The fraction of sp³-hybridized carbons (Fsp3) is 0.333. The Morgan fingerprint density at radius 3 is 2.18 bits per heavy atom. The van der Waals surface area contributed by atoms with E-state index in [1.807, 2.05) is 0 Å². The number of nitrogens with zero attached hydrogens (tertiary/aromatic N) is 1. The topological polar surface area (TPSA) is 37.4 Å². The van der Waals surface area contributed by atoms with E-state index in [0.717, 1.165) is 4.90 Å². The predicted molar refractivity (Wildman–Crippen MR) is 64.9 cm³/mol. The van der Waals surface area contributed by atoms with Crippen molar-refractivity contribution < 1.29 is 14.0 Å². The molecule has 1 aliphatic rings. The molecular formula is C12H11BrFNO2. The Bertz CT molecular complexity index is 483. The normalized spacial score (nSPS) is 24.6. The van der Waals surface area contributed by atoms with Crippen LogP contribution in [0.4, 0.5) is 10.1 Å². The molecule has 0 aliphatic carbocycles. The lowest BCUT2D eigenvalue weighted by molar-refractivity contribution is -0.122. The number of rotatable bonds is 1. The lowest BCUT2D eigenvalue weighted by atomic mass is 10.00. The molecule has 5 heteroatoms. The second kappa shape index (κ2) is 4.22. The van der Waals surface area contributed by atoms with Crippen molar-refractivity contribution in [1.29, 1.82) is 0 Å². The predicted octanol–water partition coefficient (Wildman–Crippen LogP) is 2.73. The number of carbonyl (C=O) groups is 2. The number of carbonyl (C=O) groups excluding carboxylic acids is 2. The first kappa shape index (κ1) is 12.2. The molecule has 1 saturated heterocycles. The summed E-state index contributed by atoms with van der Waals surface area (Å²) in [6.07, 6.45) is 0. The third kappa shape index (κ3) is 1.88. The standard InChI is InChI=1S/C12H11BrFNO2/c1-6-7(2)12(17)15(11(6)16)8-3-4-9(13)10(14)5-8/h3-7H,1-2H3. The van der Waals surface area contributed by atoms with Gasteiger partial charge in [0.15, 0.2) is 0 Å². The van der Waals surface area contributed by atoms with E-state index >= 15 is 0 Å². The Morgan fingerprint density at radius 1 is 1.18 bits per heavy atom. The quantitative estimate of drug-likeness (QED) is 0.748. The van der Waals surface area contributed by atoms with Gasteiger partial charge in [0, 0.05) is 11.8 Å². The molecule has 1 heterocycles. The van der Waals surface area contributed by atoms with Gasteiger partial charge in [0.05, 0.1) is 10.2 Å². The molecule has 2 atom stereocenters. The van der Waals surface area contributed by atoms with Gasteiger partial charge < -0.3 is 0 Å². The minimum absolute atomic E-state index is 0.274. The number of benzene rings is 1. The second-order valence-electron chi connectivity index (χ2n) is 4.19. The first-order valence-corrected chi connectivity index (χ1v) is 6.05. The van der Waals surface area contributed by atoms with E-state index in [4.69, 9.17) is 0 Å². The number of hydrogen-bond donors (Lipinski definition) is 0. The zero-order valence-electron chi connectivity index (χ0n) is 9.41. The van der Waals surface area contributed by atoms with Crippen LogP contribution in [-0.2, 0) is 9.59 Å². The molecule has 1 aromatic rings. The Kier molecular flexibility index (Phi) is 3.03. The summed E-state index contributed by atoms with van der Waals surface area (Å²) in [7, 11) is 0. The molecule has 0 saturated carbocycles. The highest BCUT2D eigenvalue weighted by molar-refractivity contribution is 9.10. The molecule has 2 amide bonds. The highest BCUT2D eigenvalue weighted by Crippen LogP contribution is 2.31. The maximum Gasteiger partial charge on any atom is 0.237 e. The zero-order chi connectivity index (χ0) is 12.7. The van der Waals surface area contributed by atoms with Gasteiger partial charge in [-0.25, -0.2) is 9.29 Å². The van der Waals surface area contributed by atoms with Crippen LogP contribution < -0.4 is 4.90 Å². The molecule has 0 bridgehead atoms. The van der Waals surface area contributed by atoms with E-state index in [1.165, 1.54) is 12.1 Å². The van der Waals surface area contributed by atoms with Gasteiger partial charge in [-0.1, -0.05) is 13.8 Å². The van der Waals surface area contributed by atoms with E-state index in [0.29, 0.717) is 4.47 Å². The first-order chi connectivity index (χ1) is 7.93. The van der Waals surface area contributed by atoms with Gasteiger partial charge in [-0.2, -0.15) is 0 Å². The van der Waals surface area contributed by atoms with Crippen molar-refractivity contribution in [2.24, 2.45) is 11.8 Å². The van der Waals surface area contributed by atoms with E-state index < -0.39 is 5.82 Å². The molecule has 90 valence electrons. The molecule has 0 aromatic heterocycles. The SMILES string of the molecule is CC1C(=O)N(c2ccc(Br)c(F)c2)C(=O)C1C. The van der Waals surface area contributed by atoms with Gasteiger partial charge in [-0.15, -0.1) is 0 Å². The first-order valence-electron chi connectivity index (χ1n) is 5.26. The molecule has 0 spiro atoms. The largest absolute Gasteiger partial charge is 0.274 e. The van der Waals surface area contributed by atoms with Crippen LogP contribution in [0.3, 0.4) is 0 Å². The molecule has 2 unspecified atom stereocenters. The monoisotopic (exact) mass is 299 g/mol. The van der Waals surface area contributed by atoms with Gasteiger partial charge in [0.25, 0.3) is 0 Å². The molecule has 2 rings (SSSR count). The maximum atomic E-state index is 13.4. The van der Waals surface area contributed by atoms with Crippen LogP contribution in [0.1, 0.15) is 13.8 Å². The summed E-state index contributed by atoms with van der Waals surface area (Å²) < 4.78 is 13.7. The van der Waals surface area contributed by atoms with Crippen molar-refractivity contribution in [3.63, 3.8) is 0 Å². The number of hydrogen-bond acceptors (Lipinski definition) is 2. The molecule has 1 aromatic carbocycles. The third-order valence-corrected chi connectivity index (χ3v) is 3.77. The summed E-state index contributed by atoms with van der Waals surface area (Å²) in [5.74, 6) is -1.74. The fourth-order valence-corrected chi connectivity index (χ4v) is 2.07. The Morgan fingerprint density at radius 2 is 1.71 bits per heavy atom. The van der Waals surface area contributed by atoms with Crippen molar-refractivity contribution in [2.75, 3.05) is 4.90 Å². The Hall–Kier alpha value is -1.23. The van der Waals surface area contributed by atoms with E-state index in [1.54, 1.807) is 19.9 Å². The Balaban J connectivity index is 2.43. The lowest BCUT2D eigenvalue weighted by Crippen LogP contribution is -2.30.